The van der Waals surface area contributed by atoms with Crippen molar-refractivity contribution in [1.29, 1.82) is 0 Å². The van der Waals surface area contributed by atoms with E-state index in [2.05, 4.69) is 9.97 Å². The monoisotopic (exact) mass is 440 g/mol. The quantitative estimate of drug-likeness (QED) is 0.493. The molecule has 0 aliphatic rings. The predicted octanol–water partition coefficient (Wildman–Crippen LogP) is 4.22. The summed E-state index contributed by atoms with van der Waals surface area (Å²) in [6.07, 6.45) is 0. The largest absolute Gasteiger partial charge is 0.375 e. The second-order valence-electron chi connectivity index (χ2n) is 6.66. The average Bonchev–Trinajstić information content (AvgIpc) is 3.10. The Kier molecular flexibility index (Phi) is 5.10. The minimum atomic E-state index is -3.82. The van der Waals surface area contributed by atoms with Crippen LogP contribution in [0.5, 0.6) is 0 Å². The number of anilines is 1. The van der Waals surface area contributed by atoms with Crippen molar-refractivity contribution in [1.82, 2.24) is 9.97 Å². The van der Waals surface area contributed by atoms with E-state index in [4.69, 9.17) is 10.9 Å². The Morgan fingerprint density at radius 3 is 2.33 bits per heavy atom. The SMILES string of the molecule is Cc1cccc(-c2nc(N)sc2-c2ccc(F)c(-c3ccc(S(N)(=O)=O)cc3)c2)n1. The number of pyridine rings is 1. The number of rotatable bonds is 4. The van der Waals surface area contributed by atoms with E-state index in [1.807, 2.05) is 25.1 Å². The first kappa shape index (κ1) is 20.1. The van der Waals surface area contributed by atoms with Gasteiger partial charge >= 0.3 is 0 Å². The molecule has 0 radical (unpaired) electrons. The maximum Gasteiger partial charge on any atom is 0.238 e. The lowest BCUT2D eigenvalue weighted by Crippen LogP contribution is -2.11. The van der Waals surface area contributed by atoms with E-state index in [-0.39, 0.29) is 4.90 Å². The van der Waals surface area contributed by atoms with E-state index in [9.17, 15) is 12.8 Å². The van der Waals surface area contributed by atoms with Crippen LogP contribution < -0.4 is 10.9 Å². The third kappa shape index (κ3) is 3.95. The molecule has 0 amide bonds. The topological polar surface area (TPSA) is 112 Å². The van der Waals surface area contributed by atoms with Crippen LogP contribution in [0.3, 0.4) is 0 Å². The fourth-order valence-electron chi connectivity index (χ4n) is 3.09. The maximum atomic E-state index is 14.6. The molecular formula is C21H17FN4O2S2. The summed E-state index contributed by atoms with van der Waals surface area (Å²) in [5, 5.41) is 5.52. The molecular weight excluding hydrogens is 423 g/mol. The molecule has 0 spiro atoms. The molecule has 2 aromatic carbocycles. The lowest BCUT2D eigenvalue weighted by atomic mass is 10.0. The molecule has 2 aromatic heterocycles. The van der Waals surface area contributed by atoms with E-state index in [1.165, 1.54) is 41.7 Å². The fraction of sp³-hybridized carbons (Fsp3) is 0.0476. The number of hydrogen-bond acceptors (Lipinski definition) is 6. The van der Waals surface area contributed by atoms with E-state index in [0.29, 0.717) is 27.6 Å². The molecule has 2 heterocycles. The zero-order chi connectivity index (χ0) is 21.5. The molecule has 152 valence electrons. The van der Waals surface area contributed by atoms with Gasteiger partial charge in [-0.2, -0.15) is 0 Å². The number of nitrogens with zero attached hydrogens (tertiary/aromatic N) is 2. The van der Waals surface area contributed by atoms with E-state index < -0.39 is 15.8 Å². The van der Waals surface area contributed by atoms with Gasteiger partial charge in [0.15, 0.2) is 5.13 Å². The van der Waals surface area contributed by atoms with Crippen LogP contribution in [0.4, 0.5) is 9.52 Å². The smallest absolute Gasteiger partial charge is 0.238 e. The van der Waals surface area contributed by atoms with Gasteiger partial charge in [0.05, 0.1) is 15.5 Å². The number of nitrogen functional groups attached to an aromatic ring is 1. The zero-order valence-corrected chi connectivity index (χ0v) is 17.5. The number of benzene rings is 2. The summed E-state index contributed by atoms with van der Waals surface area (Å²) in [7, 11) is -3.82. The van der Waals surface area contributed by atoms with Crippen molar-refractivity contribution in [2.24, 2.45) is 5.14 Å². The van der Waals surface area contributed by atoms with Gasteiger partial charge in [-0.15, -0.1) is 0 Å². The summed E-state index contributed by atoms with van der Waals surface area (Å²) in [4.78, 5) is 9.68. The molecule has 0 saturated heterocycles. The number of nitrogens with two attached hydrogens (primary N) is 2. The number of halogens is 1. The molecule has 4 N–H and O–H groups in total. The molecule has 30 heavy (non-hydrogen) atoms. The first-order chi connectivity index (χ1) is 14.2. The Hall–Kier alpha value is -3.14. The summed E-state index contributed by atoms with van der Waals surface area (Å²) in [5.74, 6) is -0.435. The highest BCUT2D eigenvalue weighted by molar-refractivity contribution is 7.89. The Bertz CT molecular complexity index is 1350. The predicted molar refractivity (Wildman–Crippen MR) is 117 cm³/mol. The van der Waals surface area contributed by atoms with Crippen LogP contribution in [0.25, 0.3) is 33.0 Å². The third-order valence-corrected chi connectivity index (χ3v) is 6.36. The second-order valence-corrected chi connectivity index (χ2v) is 9.25. The molecule has 0 aliphatic carbocycles. The van der Waals surface area contributed by atoms with Crippen LogP contribution in [0.15, 0.2) is 65.6 Å². The van der Waals surface area contributed by atoms with Gasteiger partial charge in [0.25, 0.3) is 0 Å². The highest BCUT2D eigenvalue weighted by Crippen LogP contribution is 2.39. The van der Waals surface area contributed by atoms with Crippen LogP contribution in [-0.2, 0) is 10.0 Å². The van der Waals surface area contributed by atoms with Crippen LogP contribution in [0.2, 0.25) is 0 Å². The molecule has 0 saturated carbocycles. The van der Waals surface area contributed by atoms with Gasteiger partial charge in [-0.05, 0) is 54.4 Å². The summed E-state index contributed by atoms with van der Waals surface area (Å²) < 4.78 is 37.5. The highest BCUT2D eigenvalue weighted by atomic mass is 32.2. The van der Waals surface area contributed by atoms with Gasteiger partial charge in [-0.1, -0.05) is 35.6 Å². The summed E-state index contributed by atoms with van der Waals surface area (Å²) in [5.41, 5.74) is 9.70. The lowest BCUT2D eigenvalue weighted by Gasteiger charge is -2.08. The maximum absolute atomic E-state index is 14.6. The van der Waals surface area contributed by atoms with Crippen molar-refractivity contribution >= 4 is 26.5 Å². The Morgan fingerprint density at radius 1 is 0.967 bits per heavy atom. The number of aromatic nitrogens is 2. The summed E-state index contributed by atoms with van der Waals surface area (Å²) in [6.45, 7) is 1.89. The average molecular weight is 441 g/mol. The molecule has 4 rings (SSSR count). The van der Waals surface area contributed by atoms with Crippen molar-refractivity contribution in [2.45, 2.75) is 11.8 Å². The van der Waals surface area contributed by atoms with Crippen LogP contribution in [0.1, 0.15) is 5.69 Å². The van der Waals surface area contributed by atoms with Gasteiger partial charge in [0.2, 0.25) is 10.0 Å². The number of thiazole rings is 1. The van der Waals surface area contributed by atoms with E-state index in [1.54, 1.807) is 12.1 Å². The molecule has 9 heteroatoms. The molecule has 4 aromatic rings. The van der Waals surface area contributed by atoms with Gasteiger partial charge < -0.3 is 5.73 Å². The molecule has 0 atom stereocenters. The van der Waals surface area contributed by atoms with Gasteiger partial charge in [0, 0.05) is 11.3 Å². The Morgan fingerprint density at radius 2 is 1.67 bits per heavy atom. The standard InChI is InChI=1S/C21H17FN4O2S2/c1-12-3-2-4-18(25-12)19-20(29-21(23)26-19)14-7-10-17(22)16(11-14)13-5-8-15(9-6-13)30(24,27)28/h2-11H,1H3,(H2,23,26)(H2,24,27,28). The van der Waals surface area contributed by atoms with Crippen LogP contribution in [-0.4, -0.2) is 18.4 Å². The van der Waals surface area contributed by atoms with E-state index >= 15 is 0 Å². The van der Waals surface area contributed by atoms with Crippen molar-refractivity contribution < 1.29 is 12.8 Å². The number of primary sulfonamides is 1. The minimum Gasteiger partial charge on any atom is -0.375 e. The fourth-order valence-corrected chi connectivity index (χ4v) is 4.45. The second kappa shape index (κ2) is 7.60. The molecule has 0 unspecified atom stereocenters. The molecule has 6 nitrogen and oxygen atoms in total. The van der Waals surface area contributed by atoms with Gasteiger partial charge in [-0.3, -0.25) is 4.98 Å². The van der Waals surface area contributed by atoms with Crippen molar-refractivity contribution in [3.05, 3.63) is 72.2 Å². The first-order valence-electron chi connectivity index (χ1n) is 8.86. The molecule has 0 bridgehead atoms. The number of sulfonamides is 1. The van der Waals surface area contributed by atoms with Crippen molar-refractivity contribution in [3.8, 4) is 33.0 Å². The molecule has 0 fully saturated rings. The zero-order valence-electron chi connectivity index (χ0n) is 15.8. The Balaban J connectivity index is 1.82. The van der Waals surface area contributed by atoms with E-state index in [0.717, 1.165) is 16.1 Å². The lowest BCUT2D eigenvalue weighted by molar-refractivity contribution is 0.598. The van der Waals surface area contributed by atoms with Crippen LogP contribution >= 0.6 is 11.3 Å². The first-order valence-corrected chi connectivity index (χ1v) is 11.2. The van der Waals surface area contributed by atoms with Gasteiger partial charge in [-0.25, -0.2) is 22.9 Å². The third-order valence-electron chi connectivity index (χ3n) is 4.50. The minimum absolute atomic E-state index is 0.0362. The number of aryl methyl sites for hydroxylation is 1. The Labute approximate surface area is 177 Å². The van der Waals surface area contributed by atoms with Crippen LogP contribution in [0, 0.1) is 12.7 Å². The van der Waals surface area contributed by atoms with Crippen molar-refractivity contribution in [3.63, 3.8) is 0 Å². The van der Waals surface area contributed by atoms with Gasteiger partial charge in [0.1, 0.15) is 11.5 Å². The normalized spacial score (nSPS) is 11.6. The van der Waals surface area contributed by atoms with Crippen molar-refractivity contribution in [2.75, 3.05) is 5.73 Å². The summed E-state index contributed by atoms with van der Waals surface area (Å²) >= 11 is 1.29. The highest BCUT2D eigenvalue weighted by Gasteiger charge is 2.17. The molecule has 0 aliphatic heterocycles. The summed E-state index contributed by atoms with van der Waals surface area (Å²) in [6, 6.07) is 16.1. The number of hydrogen-bond donors (Lipinski definition) is 2.